The zero-order valence-corrected chi connectivity index (χ0v) is 14.4. The first-order valence-corrected chi connectivity index (χ1v) is 9.29. The van der Waals surface area contributed by atoms with E-state index >= 15 is 0 Å². The zero-order valence-electron chi connectivity index (χ0n) is 14.4. The Balaban J connectivity index is 1.46. The van der Waals surface area contributed by atoms with Crippen LogP contribution in [-0.4, -0.2) is 38.5 Å². The van der Waals surface area contributed by atoms with Crippen molar-refractivity contribution in [2.24, 2.45) is 0 Å². The maximum Gasteiger partial charge on any atom is 0.0809 e. The fraction of sp³-hybridized carbons (Fsp3) is 0.700. The Kier molecular flexibility index (Phi) is 6.09. The van der Waals surface area contributed by atoms with Crippen molar-refractivity contribution in [1.29, 1.82) is 0 Å². The van der Waals surface area contributed by atoms with Crippen molar-refractivity contribution in [3.05, 3.63) is 35.9 Å². The Bertz CT molecular complexity index is 450. The predicted molar refractivity (Wildman–Crippen MR) is 93.8 cm³/mol. The maximum atomic E-state index is 5.78. The highest BCUT2D eigenvalue weighted by Gasteiger charge is 2.40. The van der Waals surface area contributed by atoms with Crippen LogP contribution < -0.4 is 5.32 Å². The molecule has 23 heavy (non-hydrogen) atoms. The van der Waals surface area contributed by atoms with Crippen molar-refractivity contribution >= 4 is 0 Å². The van der Waals surface area contributed by atoms with Gasteiger partial charge in [0.15, 0.2) is 0 Å². The second-order valence-corrected chi connectivity index (χ2v) is 7.12. The van der Waals surface area contributed by atoms with Gasteiger partial charge >= 0.3 is 0 Å². The van der Waals surface area contributed by atoms with E-state index < -0.39 is 0 Å². The second kappa shape index (κ2) is 8.27. The molecule has 0 unspecified atom stereocenters. The third-order valence-electron chi connectivity index (χ3n) is 5.70. The Morgan fingerprint density at radius 2 is 2.00 bits per heavy atom. The topological polar surface area (TPSA) is 30.5 Å². The monoisotopic (exact) mass is 317 g/mol. The molecule has 3 heteroatoms. The maximum absolute atomic E-state index is 5.78. The van der Waals surface area contributed by atoms with Crippen molar-refractivity contribution in [3.8, 4) is 0 Å². The number of nitrogens with one attached hydrogen (secondary N) is 1. The predicted octanol–water partition coefficient (Wildman–Crippen LogP) is 3.67. The number of ether oxygens (including phenoxy) is 2. The molecule has 1 N–H and O–H groups in total. The van der Waals surface area contributed by atoms with Gasteiger partial charge in [-0.25, -0.2) is 0 Å². The van der Waals surface area contributed by atoms with E-state index in [2.05, 4.69) is 42.6 Å². The lowest BCUT2D eigenvalue weighted by Crippen LogP contribution is -2.46. The second-order valence-electron chi connectivity index (χ2n) is 7.12. The molecule has 1 aliphatic carbocycles. The van der Waals surface area contributed by atoms with Gasteiger partial charge in [-0.3, -0.25) is 0 Å². The summed E-state index contributed by atoms with van der Waals surface area (Å²) >= 11 is 0. The summed E-state index contributed by atoms with van der Waals surface area (Å²) in [7, 11) is 0. The van der Waals surface area contributed by atoms with Crippen molar-refractivity contribution < 1.29 is 9.47 Å². The molecule has 1 aromatic rings. The molecular weight excluding hydrogens is 286 g/mol. The lowest BCUT2D eigenvalue weighted by atomic mass is 9.73. The Hall–Kier alpha value is -0.900. The van der Waals surface area contributed by atoms with Crippen LogP contribution >= 0.6 is 0 Å². The molecule has 2 atom stereocenters. The molecule has 0 spiro atoms. The van der Waals surface area contributed by atoms with E-state index in [0.29, 0.717) is 17.6 Å². The SMILES string of the molecule is C[C@@H](NCCOC[C@@H]1CCCO1)C1(c2ccccc2)CCCC1. The van der Waals surface area contributed by atoms with Gasteiger partial charge in [-0.05, 0) is 38.2 Å². The zero-order chi connectivity index (χ0) is 16.0. The molecule has 0 aromatic heterocycles. The highest BCUT2D eigenvalue weighted by Crippen LogP contribution is 2.43. The summed E-state index contributed by atoms with van der Waals surface area (Å²) in [5.74, 6) is 0. The first-order chi connectivity index (χ1) is 11.3. The molecule has 0 amide bonds. The number of rotatable bonds is 8. The van der Waals surface area contributed by atoms with Crippen molar-refractivity contribution in [1.82, 2.24) is 5.32 Å². The quantitative estimate of drug-likeness (QED) is 0.742. The van der Waals surface area contributed by atoms with E-state index in [1.54, 1.807) is 0 Å². The molecule has 128 valence electrons. The normalized spacial score (nSPS) is 24.8. The molecule has 3 nitrogen and oxygen atoms in total. The summed E-state index contributed by atoms with van der Waals surface area (Å²) in [6.07, 6.45) is 7.94. The molecule has 1 aliphatic heterocycles. The van der Waals surface area contributed by atoms with Crippen molar-refractivity contribution in [2.45, 2.75) is 63.0 Å². The molecule has 2 aliphatic rings. The van der Waals surface area contributed by atoms with E-state index in [-0.39, 0.29) is 0 Å². The van der Waals surface area contributed by atoms with Crippen LogP contribution in [0.4, 0.5) is 0 Å². The van der Waals surface area contributed by atoms with Gasteiger partial charge in [0.1, 0.15) is 0 Å². The summed E-state index contributed by atoms with van der Waals surface area (Å²) in [6, 6.07) is 11.6. The van der Waals surface area contributed by atoms with Crippen LogP contribution in [0.25, 0.3) is 0 Å². The van der Waals surface area contributed by atoms with E-state index in [1.165, 1.54) is 37.7 Å². The van der Waals surface area contributed by atoms with Gasteiger partial charge in [0.25, 0.3) is 0 Å². The Morgan fingerprint density at radius 1 is 1.22 bits per heavy atom. The fourth-order valence-corrected chi connectivity index (χ4v) is 4.28. The standard InChI is InChI=1S/C20H31NO2/c1-17(21-13-15-22-16-19-10-7-14-23-19)20(11-5-6-12-20)18-8-3-2-4-9-18/h2-4,8-9,17,19,21H,5-7,10-16H2,1H3/t17-,19+/m1/s1. The lowest BCUT2D eigenvalue weighted by Gasteiger charge is -2.37. The molecule has 1 saturated heterocycles. The van der Waals surface area contributed by atoms with Gasteiger partial charge in [0, 0.05) is 24.6 Å². The van der Waals surface area contributed by atoms with Crippen LogP contribution in [0.2, 0.25) is 0 Å². The molecule has 0 radical (unpaired) electrons. The Labute approximate surface area is 140 Å². The van der Waals surface area contributed by atoms with Gasteiger partial charge in [0.05, 0.1) is 19.3 Å². The van der Waals surface area contributed by atoms with Gasteiger partial charge in [-0.2, -0.15) is 0 Å². The number of hydrogen-bond acceptors (Lipinski definition) is 3. The molecule has 0 bridgehead atoms. The third-order valence-corrected chi connectivity index (χ3v) is 5.70. The Morgan fingerprint density at radius 3 is 2.70 bits per heavy atom. The molecule has 1 aromatic carbocycles. The third kappa shape index (κ3) is 4.14. The smallest absolute Gasteiger partial charge is 0.0809 e. The van der Waals surface area contributed by atoms with Crippen molar-refractivity contribution in [3.63, 3.8) is 0 Å². The highest BCUT2D eigenvalue weighted by molar-refractivity contribution is 5.28. The lowest BCUT2D eigenvalue weighted by molar-refractivity contribution is 0.0174. The highest BCUT2D eigenvalue weighted by atomic mass is 16.5. The summed E-state index contributed by atoms with van der Waals surface area (Å²) in [5, 5.41) is 3.72. The summed E-state index contributed by atoms with van der Waals surface area (Å²) in [5.41, 5.74) is 1.80. The van der Waals surface area contributed by atoms with E-state index in [1.807, 2.05) is 0 Å². The van der Waals surface area contributed by atoms with E-state index in [0.717, 1.165) is 32.8 Å². The van der Waals surface area contributed by atoms with E-state index in [9.17, 15) is 0 Å². The minimum Gasteiger partial charge on any atom is -0.377 e. The first-order valence-electron chi connectivity index (χ1n) is 9.29. The molecule has 3 rings (SSSR count). The van der Waals surface area contributed by atoms with Crippen LogP contribution in [0, 0.1) is 0 Å². The van der Waals surface area contributed by atoms with Crippen LogP contribution in [0.3, 0.4) is 0 Å². The van der Waals surface area contributed by atoms with Crippen LogP contribution in [-0.2, 0) is 14.9 Å². The molecule has 2 fully saturated rings. The minimum atomic E-state index is 0.301. The average Bonchev–Trinajstić information content (AvgIpc) is 3.27. The first kappa shape index (κ1) is 16.9. The molecule has 1 heterocycles. The van der Waals surface area contributed by atoms with Crippen LogP contribution in [0.15, 0.2) is 30.3 Å². The van der Waals surface area contributed by atoms with E-state index in [4.69, 9.17) is 9.47 Å². The number of benzene rings is 1. The largest absolute Gasteiger partial charge is 0.377 e. The molecule has 1 saturated carbocycles. The summed E-state index contributed by atoms with van der Waals surface area (Å²) < 4.78 is 11.4. The van der Waals surface area contributed by atoms with Crippen LogP contribution in [0.1, 0.15) is 51.0 Å². The van der Waals surface area contributed by atoms with Gasteiger partial charge in [-0.15, -0.1) is 0 Å². The van der Waals surface area contributed by atoms with Gasteiger partial charge in [-0.1, -0.05) is 43.2 Å². The van der Waals surface area contributed by atoms with Crippen molar-refractivity contribution in [2.75, 3.05) is 26.4 Å². The van der Waals surface area contributed by atoms with Gasteiger partial charge in [0.2, 0.25) is 0 Å². The molecular formula is C20H31NO2. The van der Waals surface area contributed by atoms with Crippen LogP contribution in [0.5, 0.6) is 0 Å². The average molecular weight is 317 g/mol. The fourth-order valence-electron chi connectivity index (χ4n) is 4.28. The summed E-state index contributed by atoms with van der Waals surface area (Å²) in [6.45, 7) is 5.69. The van der Waals surface area contributed by atoms with Gasteiger partial charge < -0.3 is 14.8 Å². The summed E-state index contributed by atoms with van der Waals surface area (Å²) in [4.78, 5) is 0. The number of hydrogen-bond donors (Lipinski definition) is 1. The minimum absolute atomic E-state index is 0.301.